The highest BCUT2D eigenvalue weighted by Crippen LogP contribution is 2.38. The van der Waals surface area contributed by atoms with E-state index >= 15 is 0 Å². The van der Waals surface area contributed by atoms with Crippen LogP contribution >= 0.6 is 12.4 Å². The molecule has 2 nitrogen and oxygen atoms in total. The summed E-state index contributed by atoms with van der Waals surface area (Å²) in [4.78, 5) is 12.1. The molecule has 0 aliphatic heterocycles. The summed E-state index contributed by atoms with van der Waals surface area (Å²) in [7, 11) is 0. The standard InChI is InChI=1S/C23H28FNO.ClH/c1-23(19-6-3-2-4-7-19)15-13-21(14-16-23)25-17-5-8-22(26)18-9-11-20(24)12-10-18;/h2-4,6-7,9-12,21,25H,5,8,13-17H2,1H3;1H. The SMILES string of the molecule is CC1(c2ccccc2)CCC(NCCCC(=O)c2ccc(F)cc2)CC1.Cl. The van der Waals surface area contributed by atoms with Gasteiger partial charge in [0.1, 0.15) is 5.82 Å². The smallest absolute Gasteiger partial charge is 0.162 e. The summed E-state index contributed by atoms with van der Waals surface area (Å²) in [5.41, 5.74) is 2.34. The predicted octanol–water partition coefficient (Wildman–Crippen LogP) is 5.70. The van der Waals surface area contributed by atoms with E-state index in [1.165, 1.54) is 43.4 Å². The molecule has 2 aromatic carbocycles. The molecule has 4 heteroatoms. The molecule has 0 aromatic heterocycles. The molecule has 0 amide bonds. The van der Waals surface area contributed by atoms with Crippen LogP contribution in [0.25, 0.3) is 0 Å². The molecule has 0 saturated heterocycles. The number of benzene rings is 2. The van der Waals surface area contributed by atoms with E-state index in [2.05, 4.69) is 42.6 Å². The lowest BCUT2D eigenvalue weighted by Crippen LogP contribution is -2.38. The maximum Gasteiger partial charge on any atom is 0.162 e. The van der Waals surface area contributed by atoms with Gasteiger partial charge in [-0.2, -0.15) is 0 Å². The molecule has 146 valence electrons. The molecule has 0 atom stereocenters. The molecule has 1 aliphatic rings. The minimum Gasteiger partial charge on any atom is -0.314 e. The molecule has 1 N–H and O–H groups in total. The van der Waals surface area contributed by atoms with Crippen LogP contribution < -0.4 is 5.32 Å². The molecule has 27 heavy (non-hydrogen) atoms. The summed E-state index contributed by atoms with van der Waals surface area (Å²) in [5.74, 6) is -0.213. The largest absolute Gasteiger partial charge is 0.314 e. The number of halogens is 2. The minimum absolute atomic E-state index is 0. The van der Waals surface area contributed by atoms with Crippen LogP contribution in [0.1, 0.15) is 61.4 Å². The number of ketones is 1. The van der Waals surface area contributed by atoms with Crippen LogP contribution in [-0.2, 0) is 5.41 Å². The summed E-state index contributed by atoms with van der Waals surface area (Å²) in [6, 6.07) is 17.2. The Labute approximate surface area is 168 Å². The Hall–Kier alpha value is -1.71. The third-order valence-corrected chi connectivity index (χ3v) is 5.74. The fraction of sp³-hybridized carbons (Fsp3) is 0.435. The average Bonchev–Trinajstić information content (AvgIpc) is 2.68. The Kier molecular flexibility index (Phi) is 8.00. The molecule has 0 unspecified atom stereocenters. The summed E-state index contributed by atoms with van der Waals surface area (Å²) in [5, 5.41) is 3.61. The van der Waals surface area contributed by atoms with Gasteiger partial charge in [0.2, 0.25) is 0 Å². The number of nitrogens with one attached hydrogen (secondary N) is 1. The number of hydrogen-bond donors (Lipinski definition) is 1. The van der Waals surface area contributed by atoms with Crippen LogP contribution in [0.15, 0.2) is 54.6 Å². The van der Waals surface area contributed by atoms with Gasteiger partial charge in [-0.3, -0.25) is 4.79 Å². The monoisotopic (exact) mass is 389 g/mol. The lowest BCUT2D eigenvalue weighted by Gasteiger charge is -2.38. The Morgan fingerprint density at radius 1 is 1.07 bits per heavy atom. The second kappa shape index (κ2) is 10.0. The third kappa shape index (κ3) is 5.88. The second-order valence-electron chi connectivity index (χ2n) is 7.69. The van der Waals surface area contributed by atoms with Gasteiger partial charge < -0.3 is 5.32 Å². The van der Waals surface area contributed by atoms with Crippen molar-refractivity contribution in [1.29, 1.82) is 0 Å². The highest BCUT2D eigenvalue weighted by Gasteiger charge is 2.32. The molecule has 0 radical (unpaired) electrons. The van der Waals surface area contributed by atoms with Gasteiger partial charge in [-0.05, 0) is 73.9 Å². The van der Waals surface area contributed by atoms with Gasteiger partial charge in [-0.25, -0.2) is 4.39 Å². The molecule has 1 aliphatic carbocycles. The van der Waals surface area contributed by atoms with Crippen LogP contribution in [-0.4, -0.2) is 18.4 Å². The number of hydrogen-bond acceptors (Lipinski definition) is 2. The van der Waals surface area contributed by atoms with Crippen LogP contribution in [0.4, 0.5) is 4.39 Å². The van der Waals surface area contributed by atoms with Gasteiger partial charge in [-0.1, -0.05) is 37.3 Å². The van der Waals surface area contributed by atoms with Crippen molar-refractivity contribution in [3.63, 3.8) is 0 Å². The predicted molar refractivity (Wildman–Crippen MR) is 111 cm³/mol. The highest BCUT2D eigenvalue weighted by atomic mass is 35.5. The molecular weight excluding hydrogens is 361 g/mol. The minimum atomic E-state index is -0.303. The number of carbonyl (C=O) groups excluding carboxylic acids is 1. The number of rotatable bonds is 7. The van der Waals surface area contributed by atoms with Crippen molar-refractivity contribution < 1.29 is 9.18 Å². The molecular formula is C23H29ClFNO. The van der Waals surface area contributed by atoms with Crippen molar-refractivity contribution in [2.75, 3.05) is 6.54 Å². The first-order valence-corrected chi connectivity index (χ1v) is 9.64. The van der Waals surface area contributed by atoms with E-state index in [0.29, 0.717) is 18.0 Å². The Morgan fingerprint density at radius 3 is 2.33 bits per heavy atom. The van der Waals surface area contributed by atoms with Crippen LogP contribution in [0.2, 0.25) is 0 Å². The van der Waals surface area contributed by atoms with Gasteiger partial charge in [0, 0.05) is 18.0 Å². The highest BCUT2D eigenvalue weighted by molar-refractivity contribution is 5.95. The van der Waals surface area contributed by atoms with Gasteiger partial charge in [0.05, 0.1) is 0 Å². The summed E-state index contributed by atoms with van der Waals surface area (Å²) >= 11 is 0. The first-order valence-electron chi connectivity index (χ1n) is 9.64. The first-order chi connectivity index (χ1) is 12.6. The van der Waals surface area contributed by atoms with Crippen molar-refractivity contribution in [2.24, 2.45) is 0 Å². The third-order valence-electron chi connectivity index (χ3n) is 5.74. The second-order valence-corrected chi connectivity index (χ2v) is 7.69. The fourth-order valence-electron chi connectivity index (χ4n) is 3.92. The van der Waals surface area contributed by atoms with Crippen LogP contribution in [0, 0.1) is 5.82 Å². The quantitative estimate of drug-likeness (QED) is 0.486. The molecule has 2 aromatic rings. The number of Topliss-reactive ketones (excluding diaryl/α,β-unsaturated/α-hetero) is 1. The zero-order chi connectivity index (χ0) is 18.4. The van der Waals surface area contributed by atoms with E-state index in [-0.39, 0.29) is 29.4 Å². The van der Waals surface area contributed by atoms with E-state index in [0.717, 1.165) is 13.0 Å². The maximum atomic E-state index is 12.9. The van der Waals surface area contributed by atoms with Gasteiger partial charge in [0.25, 0.3) is 0 Å². The summed E-state index contributed by atoms with van der Waals surface area (Å²) < 4.78 is 12.9. The molecule has 0 bridgehead atoms. The lowest BCUT2D eigenvalue weighted by atomic mass is 9.69. The van der Waals surface area contributed by atoms with Crippen molar-refractivity contribution in [3.8, 4) is 0 Å². The summed E-state index contributed by atoms with van der Waals surface area (Å²) in [6.07, 6.45) is 6.08. The van der Waals surface area contributed by atoms with E-state index < -0.39 is 0 Å². The lowest BCUT2D eigenvalue weighted by molar-refractivity contribution is 0.0979. The van der Waals surface area contributed by atoms with Gasteiger partial charge in [-0.15, -0.1) is 12.4 Å². The van der Waals surface area contributed by atoms with Crippen molar-refractivity contribution >= 4 is 18.2 Å². The Morgan fingerprint density at radius 2 is 1.70 bits per heavy atom. The van der Waals surface area contributed by atoms with Crippen molar-refractivity contribution in [3.05, 3.63) is 71.5 Å². The first kappa shape index (κ1) is 21.6. The van der Waals surface area contributed by atoms with Crippen molar-refractivity contribution in [1.82, 2.24) is 5.32 Å². The molecule has 3 rings (SSSR count). The van der Waals surface area contributed by atoms with E-state index in [1.807, 2.05) is 0 Å². The number of carbonyl (C=O) groups is 1. The van der Waals surface area contributed by atoms with Crippen LogP contribution in [0.5, 0.6) is 0 Å². The van der Waals surface area contributed by atoms with Crippen LogP contribution in [0.3, 0.4) is 0 Å². The normalized spacial score (nSPS) is 22.1. The summed E-state index contributed by atoms with van der Waals surface area (Å²) in [6.45, 7) is 3.24. The molecule has 0 heterocycles. The topological polar surface area (TPSA) is 29.1 Å². The maximum absolute atomic E-state index is 12.9. The zero-order valence-corrected chi connectivity index (χ0v) is 16.7. The molecule has 1 fully saturated rings. The van der Waals surface area contributed by atoms with Gasteiger partial charge >= 0.3 is 0 Å². The van der Waals surface area contributed by atoms with E-state index in [9.17, 15) is 9.18 Å². The average molecular weight is 390 g/mol. The Bertz CT molecular complexity index is 709. The van der Waals surface area contributed by atoms with Gasteiger partial charge in [0.15, 0.2) is 5.78 Å². The van der Waals surface area contributed by atoms with E-state index in [4.69, 9.17) is 0 Å². The molecule has 0 spiro atoms. The molecule has 1 saturated carbocycles. The van der Waals surface area contributed by atoms with Crippen molar-refractivity contribution in [2.45, 2.75) is 56.9 Å². The van der Waals surface area contributed by atoms with E-state index in [1.54, 1.807) is 12.1 Å². The zero-order valence-electron chi connectivity index (χ0n) is 15.9. The fourth-order valence-corrected chi connectivity index (χ4v) is 3.92. The Balaban J connectivity index is 0.00000261.